The number of hydrogen-bond acceptors (Lipinski definition) is 3. The second-order valence-electron chi connectivity index (χ2n) is 2.49. The molecule has 0 rings (SSSR count). The maximum absolute atomic E-state index is 10.8. The zero-order valence-electron chi connectivity index (χ0n) is 6.79. The molecule has 0 aromatic heterocycles. The smallest absolute Gasteiger partial charge is 0.149 e. The van der Waals surface area contributed by atoms with Crippen LogP contribution in [0.3, 0.4) is 0 Å². The quantitative estimate of drug-likeness (QED) is 0.594. The molecule has 11 heavy (non-hydrogen) atoms. The Balaban J connectivity index is 4.01. The van der Waals surface area contributed by atoms with Crippen molar-refractivity contribution >= 4 is 9.84 Å². The van der Waals surface area contributed by atoms with E-state index >= 15 is 0 Å². The standard InChI is InChI=1S/C7H13NO2S/c1-4-5-7(8-2)6-11(3,9)10/h1,7-8H,5-6H2,2-3H3. The Bertz CT molecular complexity index is 238. The Hall–Kier alpha value is -0.530. The molecular weight excluding hydrogens is 162 g/mol. The lowest BCUT2D eigenvalue weighted by molar-refractivity contribution is 0.574. The number of sulfone groups is 1. The average molecular weight is 175 g/mol. The molecule has 1 unspecified atom stereocenters. The van der Waals surface area contributed by atoms with Gasteiger partial charge >= 0.3 is 0 Å². The fraction of sp³-hybridized carbons (Fsp3) is 0.714. The summed E-state index contributed by atoms with van der Waals surface area (Å²) in [4.78, 5) is 0. The lowest BCUT2D eigenvalue weighted by atomic mass is 10.2. The first-order chi connectivity index (χ1) is 4.99. The van der Waals surface area contributed by atoms with Gasteiger partial charge in [0.15, 0.2) is 0 Å². The molecule has 0 fully saturated rings. The zero-order valence-corrected chi connectivity index (χ0v) is 7.61. The van der Waals surface area contributed by atoms with Crippen molar-refractivity contribution in [1.82, 2.24) is 5.32 Å². The summed E-state index contributed by atoms with van der Waals surface area (Å²) in [6.07, 6.45) is 6.69. The van der Waals surface area contributed by atoms with Gasteiger partial charge in [-0.25, -0.2) is 8.42 Å². The van der Waals surface area contributed by atoms with Gasteiger partial charge in [0.1, 0.15) is 9.84 Å². The maximum atomic E-state index is 10.8. The molecule has 64 valence electrons. The number of terminal acetylenes is 1. The molecule has 0 saturated heterocycles. The fourth-order valence-electron chi connectivity index (χ4n) is 0.752. The van der Waals surface area contributed by atoms with Crippen LogP contribution >= 0.6 is 0 Å². The van der Waals surface area contributed by atoms with Gasteiger partial charge in [-0.2, -0.15) is 0 Å². The molecule has 0 aromatic rings. The van der Waals surface area contributed by atoms with Gasteiger partial charge in [-0.1, -0.05) is 0 Å². The molecule has 0 aliphatic carbocycles. The van der Waals surface area contributed by atoms with E-state index in [1.165, 1.54) is 6.26 Å². The Labute approximate surface area is 68.1 Å². The molecule has 1 N–H and O–H groups in total. The van der Waals surface area contributed by atoms with E-state index in [1.54, 1.807) is 7.05 Å². The molecule has 0 heterocycles. The van der Waals surface area contributed by atoms with Gasteiger partial charge in [-0.3, -0.25) is 0 Å². The van der Waals surface area contributed by atoms with E-state index in [0.717, 1.165) is 0 Å². The summed E-state index contributed by atoms with van der Waals surface area (Å²) in [7, 11) is -1.21. The van der Waals surface area contributed by atoms with E-state index in [4.69, 9.17) is 6.42 Å². The monoisotopic (exact) mass is 175 g/mol. The van der Waals surface area contributed by atoms with Crippen molar-refractivity contribution in [1.29, 1.82) is 0 Å². The molecule has 0 aliphatic rings. The third kappa shape index (κ3) is 5.89. The molecule has 3 nitrogen and oxygen atoms in total. The van der Waals surface area contributed by atoms with Crippen LogP contribution in [0.15, 0.2) is 0 Å². The lowest BCUT2D eigenvalue weighted by Crippen LogP contribution is -2.32. The molecule has 0 saturated carbocycles. The van der Waals surface area contributed by atoms with E-state index < -0.39 is 9.84 Å². The molecule has 0 amide bonds. The highest BCUT2D eigenvalue weighted by Gasteiger charge is 2.11. The van der Waals surface area contributed by atoms with Crippen molar-refractivity contribution < 1.29 is 8.42 Å². The van der Waals surface area contributed by atoms with E-state index in [-0.39, 0.29) is 11.8 Å². The summed E-state index contributed by atoms with van der Waals surface area (Å²) >= 11 is 0. The van der Waals surface area contributed by atoms with Gasteiger partial charge in [0.2, 0.25) is 0 Å². The van der Waals surface area contributed by atoms with E-state index in [9.17, 15) is 8.42 Å². The van der Waals surface area contributed by atoms with Crippen molar-refractivity contribution in [2.75, 3.05) is 19.1 Å². The molecule has 0 aliphatic heterocycles. The third-order valence-electron chi connectivity index (χ3n) is 1.28. The van der Waals surface area contributed by atoms with Crippen molar-refractivity contribution in [3.8, 4) is 12.3 Å². The second-order valence-corrected chi connectivity index (χ2v) is 4.67. The molecule has 0 bridgehead atoms. The first-order valence-electron chi connectivity index (χ1n) is 3.28. The van der Waals surface area contributed by atoms with Gasteiger partial charge in [0.25, 0.3) is 0 Å². The maximum Gasteiger partial charge on any atom is 0.149 e. The van der Waals surface area contributed by atoms with Crippen LogP contribution in [-0.4, -0.2) is 33.5 Å². The molecule has 0 radical (unpaired) electrons. The van der Waals surface area contributed by atoms with Crippen LogP contribution in [0.4, 0.5) is 0 Å². The van der Waals surface area contributed by atoms with E-state index in [1.807, 2.05) is 0 Å². The van der Waals surface area contributed by atoms with Crippen LogP contribution in [0.25, 0.3) is 0 Å². The van der Waals surface area contributed by atoms with Crippen LogP contribution in [0.2, 0.25) is 0 Å². The minimum atomic E-state index is -2.92. The van der Waals surface area contributed by atoms with Crippen molar-refractivity contribution in [2.45, 2.75) is 12.5 Å². The van der Waals surface area contributed by atoms with Crippen LogP contribution in [-0.2, 0) is 9.84 Å². The molecule has 1 atom stereocenters. The van der Waals surface area contributed by atoms with Gasteiger partial charge in [-0.05, 0) is 7.05 Å². The minimum absolute atomic E-state index is 0.105. The van der Waals surface area contributed by atoms with Crippen molar-refractivity contribution in [3.05, 3.63) is 0 Å². The zero-order chi connectivity index (χ0) is 8.91. The molecule has 0 aromatic carbocycles. The number of hydrogen-bond donors (Lipinski definition) is 1. The van der Waals surface area contributed by atoms with Crippen LogP contribution in [0, 0.1) is 12.3 Å². The first kappa shape index (κ1) is 10.5. The summed E-state index contributed by atoms with van der Waals surface area (Å²) in [6.45, 7) is 0. The van der Waals surface area contributed by atoms with Crippen molar-refractivity contribution in [3.63, 3.8) is 0 Å². The highest BCUT2D eigenvalue weighted by Crippen LogP contribution is 1.94. The molecule has 4 heteroatoms. The second kappa shape index (κ2) is 4.37. The summed E-state index contributed by atoms with van der Waals surface area (Å²) < 4.78 is 21.5. The van der Waals surface area contributed by atoms with Crippen molar-refractivity contribution in [2.24, 2.45) is 0 Å². The van der Waals surface area contributed by atoms with Gasteiger partial charge in [0.05, 0.1) is 5.75 Å². The van der Waals surface area contributed by atoms with Gasteiger partial charge < -0.3 is 5.32 Å². The predicted octanol–water partition coefficient (Wildman–Crippen LogP) is -0.358. The lowest BCUT2D eigenvalue weighted by Gasteiger charge is -2.10. The Morgan fingerprint density at radius 1 is 1.64 bits per heavy atom. The Kier molecular flexibility index (Phi) is 4.16. The van der Waals surface area contributed by atoms with Crippen LogP contribution in [0.5, 0.6) is 0 Å². The van der Waals surface area contributed by atoms with Crippen LogP contribution in [0.1, 0.15) is 6.42 Å². The largest absolute Gasteiger partial charge is 0.315 e. The third-order valence-corrected chi connectivity index (χ3v) is 2.28. The normalized spacial score (nSPS) is 13.9. The summed E-state index contributed by atoms with van der Waals surface area (Å²) in [5.74, 6) is 2.52. The summed E-state index contributed by atoms with van der Waals surface area (Å²) in [6, 6.07) is -0.116. The first-order valence-corrected chi connectivity index (χ1v) is 5.34. The molecular formula is C7H13NO2S. The van der Waals surface area contributed by atoms with Crippen LogP contribution < -0.4 is 5.32 Å². The Morgan fingerprint density at radius 3 is 2.45 bits per heavy atom. The summed E-state index contributed by atoms with van der Waals surface area (Å²) in [5, 5.41) is 2.84. The topological polar surface area (TPSA) is 46.2 Å². The highest BCUT2D eigenvalue weighted by molar-refractivity contribution is 7.90. The minimum Gasteiger partial charge on any atom is -0.315 e. The highest BCUT2D eigenvalue weighted by atomic mass is 32.2. The SMILES string of the molecule is C#CCC(CS(C)(=O)=O)NC. The number of rotatable bonds is 4. The predicted molar refractivity (Wildman–Crippen MR) is 46.0 cm³/mol. The molecule has 0 spiro atoms. The summed E-state index contributed by atoms with van der Waals surface area (Å²) in [5.41, 5.74) is 0. The van der Waals surface area contributed by atoms with Gasteiger partial charge in [-0.15, -0.1) is 12.3 Å². The van der Waals surface area contributed by atoms with E-state index in [2.05, 4.69) is 11.2 Å². The van der Waals surface area contributed by atoms with Gasteiger partial charge in [0, 0.05) is 18.7 Å². The Morgan fingerprint density at radius 2 is 2.18 bits per heavy atom. The average Bonchev–Trinajstić information content (AvgIpc) is 1.84. The number of nitrogens with one attached hydrogen (secondary N) is 1. The van der Waals surface area contributed by atoms with E-state index in [0.29, 0.717) is 6.42 Å². The fourth-order valence-corrected chi connectivity index (χ4v) is 1.77.